The summed E-state index contributed by atoms with van der Waals surface area (Å²) in [6, 6.07) is 11.9. The maximum atomic E-state index is 12.5. The van der Waals surface area contributed by atoms with Crippen LogP contribution in [0.25, 0.3) is 22.6 Å². The normalized spacial score (nSPS) is 10.7. The largest absolute Gasteiger partial charge is 0.301 e. The van der Waals surface area contributed by atoms with Crippen LogP contribution in [-0.2, 0) is 11.3 Å². The zero-order chi connectivity index (χ0) is 21.6. The first kappa shape index (κ1) is 21.0. The maximum Gasteiger partial charge on any atom is 0.236 e. The quantitative estimate of drug-likeness (QED) is 0.311. The number of nitrogens with one attached hydrogen (secondary N) is 1. The summed E-state index contributed by atoms with van der Waals surface area (Å²) in [5.41, 5.74) is 3.93. The third-order valence-electron chi connectivity index (χ3n) is 4.38. The van der Waals surface area contributed by atoms with Gasteiger partial charge in [-0.2, -0.15) is 0 Å². The molecular weight excluding hydrogens is 428 g/mol. The number of thioether (sulfide) groups is 1. The Bertz CT molecular complexity index is 1180. The summed E-state index contributed by atoms with van der Waals surface area (Å²) < 4.78 is 1.92. The van der Waals surface area contributed by atoms with Crippen LogP contribution in [0.2, 0.25) is 0 Å². The van der Waals surface area contributed by atoms with Gasteiger partial charge in [-0.3, -0.25) is 14.3 Å². The van der Waals surface area contributed by atoms with Crippen LogP contribution in [-0.4, -0.2) is 36.4 Å². The van der Waals surface area contributed by atoms with E-state index in [4.69, 9.17) is 0 Å². The van der Waals surface area contributed by atoms with E-state index in [0.29, 0.717) is 22.7 Å². The predicted molar refractivity (Wildman–Crippen MR) is 125 cm³/mol. The highest BCUT2D eigenvalue weighted by atomic mass is 32.2. The first-order valence-electron chi connectivity index (χ1n) is 9.54. The SMILES string of the molecule is C=CCn1c(SCC(=O)Nc2nc(-c3ccc(C)cc3)cs2)nnc1-c1cccnc1. The van der Waals surface area contributed by atoms with Gasteiger partial charge < -0.3 is 5.32 Å². The lowest BCUT2D eigenvalue weighted by Gasteiger charge is -2.07. The Kier molecular flexibility index (Phi) is 6.54. The summed E-state index contributed by atoms with van der Waals surface area (Å²) in [5.74, 6) is 0.742. The van der Waals surface area contributed by atoms with Gasteiger partial charge in [0.05, 0.1) is 11.4 Å². The molecule has 0 aliphatic heterocycles. The minimum atomic E-state index is -0.147. The van der Waals surface area contributed by atoms with Crippen LogP contribution in [0, 0.1) is 6.92 Å². The summed E-state index contributed by atoms with van der Waals surface area (Å²) in [5, 5.41) is 14.5. The van der Waals surface area contributed by atoms with Crippen molar-refractivity contribution in [2.75, 3.05) is 11.1 Å². The van der Waals surface area contributed by atoms with Gasteiger partial charge in [0.2, 0.25) is 5.91 Å². The summed E-state index contributed by atoms with van der Waals surface area (Å²) >= 11 is 2.73. The van der Waals surface area contributed by atoms with Gasteiger partial charge in [0.1, 0.15) is 0 Å². The highest BCUT2D eigenvalue weighted by molar-refractivity contribution is 7.99. The van der Waals surface area contributed by atoms with Gasteiger partial charge >= 0.3 is 0 Å². The number of carbonyl (C=O) groups is 1. The van der Waals surface area contributed by atoms with E-state index in [-0.39, 0.29) is 11.7 Å². The number of benzene rings is 1. The molecule has 3 aromatic heterocycles. The molecule has 1 amide bonds. The van der Waals surface area contributed by atoms with Crippen molar-refractivity contribution in [3.8, 4) is 22.6 Å². The third kappa shape index (κ3) is 5.07. The molecule has 1 aromatic carbocycles. The fraction of sp³-hybridized carbons (Fsp3) is 0.136. The van der Waals surface area contributed by atoms with E-state index in [2.05, 4.69) is 32.1 Å². The molecule has 0 aliphatic carbocycles. The van der Waals surface area contributed by atoms with Crippen molar-refractivity contribution in [2.45, 2.75) is 18.6 Å². The average molecular weight is 449 g/mol. The van der Waals surface area contributed by atoms with Crippen LogP contribution in [0.5, 0.6) is 0 Å². The Labute approximate surface area is 188 Å². The molecule has 4 rings (SSSR count). The molecule has 4 aromatic rings. The van der Waals surface area contributed by atoms with E-state index >= 15 is 0 Å². The Morgan fingerprint density at radius 1 is 1.23 bits per heavy atom. The van der Waals surface area contributed by atoms with E-state index in [1.165, 1.54) is 28.7 Å². The molecule has 3 heterocycles. The van der Waals surface area contributed by atoms with E-state index in [9.17, 15) is 4.79 Å². The molecule has 156 valence electrons. The summed E-state index contributed by atoms with van der Waals surface area (Å²) in [7, 11) is 0. The summed E-state index contributed by atoms with van der Waals surface area (Å²) in [6.07, 6.45) is 5.22. The van der Waals surface area contributed by atoms with Crippen LogP contribution in [0.3, 0.4) is 0 Å². The van der Waals surface area contributed by atoms with Gasteiger partial charge in [-0.05, 0) is 19.1 Å². The molecule has 0 fully saturated rings. The number of hydrogen-bond acceptors (Lipinski definition) is 7. The Morgan fingerprint density at radius 2 is 2.06 bits per heavy atom. The molecule has 0 aliphatic rings. The molecule has 0 unspecified atom stereocenters. The molecule has 9 heteroatoms. The van der Waals surface area contributed by atoms with Crippen LogP contribution in [0.15, 0.2) is 72.0 Å². The summed E-state index contributed by atoms with van der Waals surface area (Å²) in [4.78, 5) is 21.1. The van der Waals surface area contributed by atoms with E-state index in [0.717, 1.165) is 16.8 Å². The van der Waals surface area contributed by atoms with Gasteiger partial charge in [-0.1, -0.05) is 47.7 Å². The first-order valence-corrected chi connectivity index (χ1v) is 11.4. The average Bonchev–Trinajstić information content (AvgIpc) is 3.41. The smallest absolute Gasteiger partial charge is 0.236 e. The van der Waals surface area contributed by atoms with Crippen molar-refractivity contribution in [1.82, 2.24) is 24.7 Å². The molecule has 0 saturated heterocycles. The lowest BCUT2D eigenvalue weighted by Crippen LogP contribution is -2.14. The number of thiazole rings is 1. The molecule has 31 heavy (non-hydrogen) atoms. The minimum absolute atomic E-state index is 0.147. The summed E-state index contributed by atoms with van der Waals surface area (Å²) in [6.45, 7) is 6.39. The fourth-order valence-corrected chi connectivity index (χ4v) is 4.35. The zero-order valence-electron chi connectivity index (χ0n) is 16.9. The van der Waals surface area contributed by atoms with Crippen molar-refractivity contribution in [2.24, 2.45) is 0 Å². The van der Waals surface area contributed by atoms with Gasteiger partial charge in [-0.25, -0.2) is 4.98 Å². The van der Waals surface area contributed by atoms with E-state index < -0.39 is 0 Å². The molecule has 0 atom stereocenters. The van der Waals surface area contributed by atoms with Gasteiger partial charge in [0, 0.05) is 35.4 Å². The second-order valence-corrected chi connectivity index (χ2v) is 8.49. The maximum absolute atomic E-state index is 12.5. The Hall–Kier alpha value is -3.30. The number of carbonyl (C=O) groups excluding carboxylic acids is 1. The fourth-order valence-electron chi connectivity index (χ4n) is 2.87. The number of rotatable bonds is 8. The first-order chi connectivity index (χ1) is 15.1. The van der Waals surface area contributed by atoms with Gasteiger partial charge in [0.25, 0.3) is 0 Å². The molecule has 0 spiro atoms. The molecule has 0 saturated carbocycles. The highest BCUT2D eigenvalue weighted by Gasteiger charge is 2.16. The number of allylic oxidation sites excluding steroid dienone is 1. The standard InChI is InChI=1S/C22H20N6OS2/c1-3-11-28-20(17-5-4-10-23-12-17)26-27-22(28)31-14-19(29)25-21-24-18(13-30-21)16-8-6-15(2)7-9-16/h3-10,12-13H,1,11,14H2,2H3,(H,24,25,29). The highest BCUT2D eigenvalue weighted by Crippen LogP contribution is 2.26. The number of anilines is 1. The van der Waals surface area contributed by atoms with E-state index in [1.54, 1.807) is 18.5 Å². The predicted octanol–water partition coefficient (Wildman–Crippen LogP) is 4.69. The topological polar surface area (TPSA) is 85.6 Å². The number of amides is 1. The molecule has 7 nitrogen and oxygen atoms in total. The monoisotopic (exact) mass is 448 g/mol. The van der Waals surface area contributed by atoms with Crippen molar-refractivity contribution in [3.63, 3.8) is 0 Å². The lowest BCUT2D eigenvalue weighted by molar-refractivity contribution is -0.113. The number of nitrogens with zero attached hydrogens (tertiary/aromatic N) is 5. The molecular formula is C22H20N6OS2. The Balaban J connectivity index is 1.41. The zero-order valence-corrected chi connectivity index (χ0v) is 18.5. The number of aryl methyl sites for hydroxylation is 1. The van der Waals surface area contributed by atoms with Crippen LogP contribution < -0.4 is 5.32 Å². The second-order valence-electron chi connectivity index (χ2n) is 6.69. The Morgan fingerprint density at radius 3 is 2.81 bits per heavy atom. The van der Waals surface area contributed by atoms with Gasteiger partial charge in [-0.15, -0.1) is 28.1 Å². The number of hydrogen-bond donors (Lipinski definition) is 1. The van der Waals surface area contributed by atoms with Crippen LogP contribution in [0.4, 0.5) is 5.13 Å². The molecule has 1 N–H and O–H groups in total. The van der Waals surface area contributed by atoms with Gasteiger partial charge in [0.15, 0.2) is 16.1 Å². The van der Waals surface area contributed by atoms with Crippen molar-refractivity contribution in [3.05, 3.63) is 72.4 Å². The van der Waals surface area contributed by atoms with Crippen LogP contribution >= 0.6 is 23.1 Å². The lowest BCUT2D eigenvalue weighted by atomic mass is 10.1. The van der Waals surface area contributed by atoms with Crippen molar-refractivity contribution in [1.29, 1.82) is 0 Å². The number of pyridine rings is 1. The van der Waals surface area contributed by atoms with Crippen molar-refractivity contribution < 1.29 is 4.79 Å². The van der Waals surface area contributed by atoms with E-state index in [1.807, 2.05) is 53.3 Å². The number of aromatic nitrogens is 5. The van der Waals surface area contributed by atoms with Crippen molar-refractivity contribution >= 4 is 34.1 Å². The molecule has 0 bridgehead atoms. The van der Waals surface area contributed by atoms with Crippen LogP contribution in [0.1, 0.15) is 5.56 Å². The third-order valence-corrected chi connectivity index (χ3v) is 6.10. The minimum Gasteiger partial charge on any atom is -0.301 e. The second kappa shape index (κ2) is 9.67. The molecule has 0 radical (unpaired) electrons.